The summed E-state index contributed by atoms with van der Waals surface area (Å²) in [5.41, 5.74) is 4.08. The molecule has 25 heavy (non-hydrogen) atoms. The van der Waals surface area contributed by atoms with Gasteiger partial charge in [0.15, 0.2) is 0 Å². The smallest absolute Gasteiger partial charge is 0.335 e. The van der Waals surface area contributed by atoms with Crippen LogP contribution < -0.4 is 0 Å². The molecule has 1 heterocycles. The zero-order valence-electron chi connectivity index (χ0n) is 14.7. The molecule has 0 spiro atoms. The summed E-state index contributed by atoms with van der Waals surface area (Å²) in [6.07, 6.45) is 2.10. The molecular formula is C21H22O2S2. The molecule has 0 radical (unpaired) electrons. The average Bonchev–Trinajstić information content (AvgIpc) is 2.73. The van der Waals surface area contributed by atoms with Crippen LogP contribution in [0.2, 0.25) is 0 Å². The molecule has 0 saturated carbocycles. The Balaban J connectivity index is 1.84. The first-order valence-electron chi connectivity index (χ1n) is 8.26. The van der Waals surface area contributed by atoms with Gasteiger partial charge in [0.2, 0.25) is 0 Å². The van der Waals surface area contributed by atoms with Crippen LogP contribution in [0.25, 0.3) is 11.6 Å². The van der Waals surface area contributed by atoms with Gasteiger partial charge >= 0.3 is 5.97 Å². The van der Waals surface area contributed by atoms with Crippen LogP contribution in [0.4, 0.5) is 0 Å². The number of thioether (sulfide) groups is 2. The summed E-state index contributed by atoms with van der Waals surface area (Å²) >= 11 is 3.90. The van der Waals surface area contributed by atoms with Crippen molar-refractivity contribution in [2.24, 2.45) is 5.41 Å². The van der Waals surface area contributed by atoms with Gasteiger partial charge in [0.1, 0.15) is 0 Å². The number of carbonyl (C=O) groups is 1. The summed E-state index contributed by atoms with van der Waals surface area (Å²) in [4.78, 5) is 13.7. The van der Waals surface area contributed by atoms with Gasteiger partial charge < -0.3 is 5.11 Å². The van der Waals surface area contributed by atoms with Crippen LogP contribution in [0.3, 0.4) is 0 Å². The topological polar surface area (TPSA) is 37.3 Å². The molecule has 2 nitrogen and oxygen atoms in total. The summed E-state index contributed by atoms with van der Waals surface area (Å²) in [5, 5.41) is 8.99. The quantitative estimate of drug-likeness (QED) is 0.656. The predicted octanol–water partition coefficient (Wildman–Crippen LogP) is 6.17. The number of benzene rings is 2. The van der Waals surface area contributed by atoms with Crippen LogP contribution >= 0.6 is 23.5 Å². The minimum absolute atomic E-state index is 0.316. The Hall–Kier alpha value is -1.65. The van der Waals surface area contributed by atoms with Gasteiger partial charge in [-0.3, -0.25) is 0 Å². The number of aromatic carboxylic acids is 1. The zero-order chi connectivity index (χ0) is 18.0. The molecule has 3 rings (SSSR count). The first-order valence-corrected chi connectivity index (χ1v) is 10.2. The van der Waals surface area contributed by atoms with E-state index >= 15 is 0 Å². The molecule has 1 aliphatic rings. The maximum Gasteiger partial charge on any atom is 0.335 e. The normalized spacial score (nSPS) is 16.8. The van der Waals surface area contributed by atoms with Crippen LogP contribution in [0.15, 0.2) is 52.3 Å². The van der Waals surface area contributed by atoms with E-state index in [9.17, 15) is 4.79 Å². The Morgan fingerprint density at radius 3 is 2.24 bits per heavy atom. The van der Waals surface area contributed by atoms with E-state index in [-0.39, 0.29) is 0 Å². The number of allylic oxidation sites excluding steroid dienone is 1. The Labute approximate surface area is 157 Å². The second-order valence-corrected chi connectivity index (χ2v) is 9.19. The number of rotatable bonds is 3. The molecule has 0 bridgehead atoms. The van der Waals surface area contributed by atoms with E-state index in [0.29, 0.717) is 11.0 Å². The second-order valence-electron chi connectivity index (χ2n) is 7.16. The van der Waals surface area contributed by atoms with Crippen LogP contribution in [0.1, 0.15) is 42.3 Å². The Kier molecular flexibility index (Phi) is 5.30. The molecule has 0 unspecified atom stereocenters. The first-order chi connectivity index (χ1) is 11.8. The molecule has 2 aromatic carbocycles. The Morgan fingerprint density at radius 1 is 1.00 bits per heavy atom. The number of carboxylic acid groups (broad SMARTS) is 1. The summed E-state index contributed by atoms with van der Waals surface area (Å²) in [6, 6.07) is 13.7. The van der Waals surface area contributed by atoms with Gasteiger partial charge in [0, 0.05) is 21.3 Å². The van der Waals surface area contributed by atoms with Gasteiger partial charge in [-0.2, -0.15) is 0 Å². The third-order valence-electron chi connectivity index (χ3n) is 4.18. The molecule has 130 valence electrons. The first kappa shape index (κ1) is 18.2. The lowest BCUT2D eigenvalue weighted by Crippen LogP contribution is -2.16. The molecular weight excluding hydrogens is 348 g/mol. The van der Waals surface area contributed by atoms with Crippen molar-refractivity contribution in [2.45, 2.75) is 30.6 Å². The zero-order valence-corrected chi connectivity index (χ0v) is 16.3. The molecule has 1 N–H and O–H groups in total. The lowest BCUT2D eigenvalue weighted by molar-refractivity contribution is 0.0697. The van der Waals surface area contributed by atoms with Crippen molar-refractivity contribution in [1.82, 2.24) is 0 Å². The van der Waals surface area contributed by atoms with E-state index in [1.54, 1.807) is 12.1 Å². The number of fused-ring (bicyclic) bond motifs is 1. The molecule has 0 atom stereocenters. The molecule has 4 heteroatoms. The molecule has 0 aromatic heterocycles. The van der Waals surface area contributed by atoms with E-state index in [4.69, 9.17) is 5.11 Å². The van der Waals surface area contributed by atoms with Gasteiger partial charge in [-0.25, -0.2) is 4.79 Å². The van der Waals surface area contributed by atoms with E-state index in [1.807, 2.05) is 35.7 Å². The van der Waals surface area contributed by atoms with Crippen LogP contribution in [-0.4, -0.2) is 22.6 Å². The van der Waals surface area contributed by atoms with Crippen molar-refractivity contribution in [3.63, 3.8) is 0 Å². The largest absolute Gasteiger partial charge is 0.478 e. The van der Waals surface area contributed by atoms with E-state index in [0.717, 1.165) is 17.1 Å². The summed E-state index contributed by atoms with van der Waals surface area (Å²) in [5.74, 6) is 1.39. The SMILES string of the molecule is CC(=Cc1ccc(C(=O)O)cc1)c1ccc2c(c1)SCC(C)(C)CS2. The molecule has 1 aliphatic heterocycles. The minimum Gasteiger partial charge on any atom is -0.478 e. The number of hydrogen-bond acceptors (Lipinski definition) is 3. The fourth-order valence-corrected chi connectivity index (χ4v) is 5.19. The van der Waals surface area contributed by atoms with Crippen molar-refractivity contribution in [3.05, 3.63) is 59.2 Å². The van der Waals surface area contributed by atoms with E-state index < -0.39 is 5.97 Å². The van der Waals surface area contributed by atoms with Crippen molar-refractivity contribution >= 4 is 41.1 Å². The Morgan fingerprint density at radius 2 is 1.60 bits per heavy atom. The maximum absolute atomic E-state index is 10.9. The lowest BCUT2D eigenvalue weighted by Gasteiger charge is -2.19. The summed E-state index contributed by atoms with van der Waals surface area (Å²) in [6.45, 7) is 6.75. The van der Waals surface area contributed by atoms with E-state index in [1.165, 1.54) is 20.9 Å². The molecule has 0 amide bonds. The lowest BCUT2D eigenvalue weighted by atomic mass is 10.0. The van der Waals surface area contributed by atoms with Crippen molar-refractivity contribution in [3.8, 4) is 0 Å². The fraction of sp³-hybridized carbons (Fsp3) is 0.286. The highest BCUT2D eigenvalue weighted by Gasteiger charge is 2.23. The van der Waals surface area contributed by atoms with Crippen molar-refractivity contribution < 1.29 is 9.90 Å². The summed E-state index contributed by atoms with van der Waals surface area (Å²) in [7, 11) is 0. The van der Waals surface area contributed by atoms with Crippen LogP contribution in [0, 0.1) is 5.41 Å². The Bertz CT molecular complexity index is 820. The highest BCUT2D eigenvalue weighted by Crippen LogP contribution is 2.43. The van der Waals surface area contributed by atoms with Crippen molar-refractivity contribution in [1.29, 1.82) is 0 Å². The average molecular weight is 371 g/mol. The highest BCUT2D eigenvalue weighted by atomic mass is 32.2. The van der Waals surface area contributed by atoms with E-state index in [2.05, 4.69) is 45.0 Å². The van der Waals surface area contributed by atoms with Crippen molar-refractivity contribution in [2.75, 3.05) is 11.5 Å². The fourth-order valence-electron chi connectivity index (χ4n) is 2.63. The number of carboxylic acids is 1. The highest BCUT2D eigenvalue weighted by molar-refractivity contribution is 8.03. The van der Waals surface area contributed by atoms with Gasteiger partial charge in [0.25, 0.3) is 0 Å². The van der Waals surface area contributed by atoms with Gasteiger partial charge in [-0.1, -0.05) is 38.1 Å². The van der Waals surface area contributed by atoms with Gasteiger partial charge in [-0.15, -0.1) is 23.5 Å². The minimum atomic E-state index is -0.893. The summed E-state index contributed by atoms with van der Waals surface area (Å²) < 4.78 is 0. The number of hydrogen-bond donors (Lipinski definition) is 1. The van der Waals surface area contributed by atoms with Gasteiger partial charge in [-0.05, 0) is 53.3 Å². The maximum atomic E-state index is 10.9. The molecule has 0 aliphatic carbocycles. The second kappa shape index (κ2) is 7.30. The van der Waals surface area contributed by atoms with Gasteiger partial charge in [0.05, 0.1) is 5.56 Å². The van der Waals surface area contributed by atoms with Crippen LogP contribution in [-0.2, 0) is 0 Å². The molecule has 0 saturated heterocycles. The standard InChI is InChI=1S/C21H22O2S2/c1-14(10-15-4-6-16(7-5-15)20(22)23)17-8-9-18-19(11-17)25-13-21(2,3)12-24-18/h4-11H,12-13H2,1-3H3,(H,22,23). The third kappa shape index (κ3) is 4.50. The van der Waals surface area contributed by atoms with Crippen LogP contribution in [0.5, 0.6) is 0 Å². The predicted molar refractivity (Wildman–Crippen MR) is 109 cm³/mol. The third-order valence-corrected chi connectivity index (χ3v) is 7.47. The molecule has 2 aromatic rings. The molecule has 0 fully saturated rings. The monoisotopic (exact) mass is 370 g/mol.